The standard InChI is InChI=1S/C19H23FN4O3/c20-15-5-3-13(4-6-15)19-23-16(12-27-19)10-17(25)24-9-1-2-14(11-24)18(26)22-8-7-21/h3-6,12,14H,1-2,7-11,21H2,(H,22,26). The topological polar surface area (TPSA) is 101 Å². The SMILES string of the molecule is NCCNC(=O)C1CCCN(C(=O)Cc2coc(-c3ccc(F)cc3)n2)C1. The van der Waals surface area contributed by atoms with Crippen molar-refractivity contribution in [2.45, 2.75) is 19.3 Å². The van der Waals surface area contributed by atoms with Crippen LogP contribution in [-0.4, -0.2) is 47.9 Å². The predicted molar refractivity (Wildman–Crippen MR) is 97.0 cm³/mol. The molecular formula is C19H23FN4O3. The highest BCUT2D eigenvalue weighted by molar-refractivity contribution is 5.82. The van der Waals surface area contributed by atoms with Gasteiger partial charge < -0.3 is 20.4 Å². The Morgan fingerprint density at radius 2 is 2.11 bits per heavy atom. The Morgan fingerprint density at radius 1 is 1.33 bits per heavy atom. The highest BCUT2D eigenvalue weighted by Crippen LogP contribution is 2.21. The lowest BCUT2D eigenvalue weighted by Crippen LogP contribution is -2.46. The molecule has 27 heavy (non-hydrogen) atoms. The van der Waals surface area contributed by atoms with Crippen molar-refractivity contribution in [1.82, 2.24) is 15.2 Å². The number of hydrogen-bond donors (Lipinski definition) is 2. The molecule has 1 aromatic carbocycles. The molecule has 7 nitrogen and oxygen atoms in total. The second-order valence-corrected chi connectivity index (χ2v) is 6.59. The summed E-state index contributed by atoms with van der Waals surface area (Å²) in [4.78, 5) is 30.7. The molecule has 2 amide bonds. The molecule has 2 heterocycles. The number of nitrogens with zero attached hydrogens (tertiary/aromatic N) is 2. The quantitative estimate of drug-likeness (QED) is 0.794. The van der Waals surface area contributed by atoms with E-state index in [0.717, 1.165) is 12.8 Å². The Kier molecular flexibility index (Phi) is 6.18. The highest BCUT2D eigenvalue weighted by atomic mass is 19.1. The van der Waals surface area contributed by atoms with E-state index in [2.05, 4.69) is 10.3 Å². The van der Waals surface area contributed by atoms with Crippen molar-refractivity contribution in [3.63, 3.8) is 0 Å². The zero-order valence-electron chi connectivity index (χ0n) is 15.0. The maximum atomic E-state index is 13.0. The fourth-order valence-corrected chi connectivity index (χ4v) is 3.14. The fourth-order valence-electron chi connectivity index (χ4n) is 3.14. The molecule has 0 bridgehead atoms. The van der Waals surface area contributed by atoms with Crippen LogP contribution in [0.4, 0.5) is 4.39 Å². The Morgan fingerprint density at radius 3 is 2.85 bits per heavy atom. The monoisotopic (exact) mass is 374 g/mol. The first-order valence-corrected chi connectivity index (χ1v) is 9.02. The van der Waals surface area contributed by atoms with Crippen LogP contribution >= 0.6 is 0 Å². The van der Waals surface area contributed by atoms with Gasteiger partial charge in [-0.3, -0.25) is 9.59 Å². The zero-order valence-corrected chi connectivity index (χ0v) is 15.0. The minimum absolute atomic E-state index is 0.0574. The maximum Gasteiger partial charge on any atom is 0.228 e. The van der Waals surface area contributed by atoms with E-state index in [-0.39, 0.29) is 30.0 Å². The van der Waals surface area contributed by atoms with Crippen LogP contribution in [0, 0.1) is 11.7 Å². The highest BCUT2D eigenvalue weighted by Gasteiger charge is 2.28. The number of carbonyl (C=O) groups excluding carboxylic acids is 2. The Labute approximate surface area is 156 Å². The molecule has 0 saturated carbocycles. The molecule has 1 aliphatic rings. The van der Waals surface area contributed by atoms with Gasteiger partial charge in [-0.05, 0) is 37.1 Å². The number of aromatic nitrogens is 1. The molecule has 0 aliphatic carbocycles. The lowest BCUT2D eigenvalue weighted by Gasteiger charge is -2.32. The number of amides is 2. The molecule has 1 fully saturated rings. The van der Waals surface area contributed by atoms with Gasteiger partial charge in [-0.1, -0.05) is 0 Å². The van der Waals surface area contributed by atoms with Gasteiger partial charge in [-0.2, -0.15) is 0 Å². The number of hydrogen-bond acceptors (Lipinski definition) is 5. The molecule has 0 spiro atoms. The Hall–Kier alpha value is -2.74. The number of nitrogens with one attached hydrogen (secondary N) is 1. The summed E-state index contributed by atoms with van der Waals surface area (Å²) in [6, 6.07) is 5.80. The van der Waals surface area contributed by atoms with Gasteiger partial charge in [0, 0.05) is 31.7 Å². The van der Waals surface area contributed by atoms with Crippen LogP contribution in [0.15, 0.2) is 34.9 Å². The first kappa shape index (κ1) is 19.0. The maximum absolute atomic E-state index is 13.0. The lowest BCUT2D eigenvalue weighted by molar-refractivity contribution is -0.135. The van der Waals surface area contributed by atoms with Crippen molar-refractivity contribution in [3.8, 4) is 11.5 Å². The van der Waals surface area contributed by atoms with E-state index < -0.39 is 0 Å². The van der Waals surface area contributed by atoms with Crippen LogP contribution < -0.4 is 11.1 Å². The van der Waals surface area contributed by atoms with Crippen LogP contribution in [0.1, 0.15) is 18.5 Å². The van der Waals surface area contributed by atoms with Crippen LogP contribution in [0.25, 0.3) is 11.5 Å². The summed E-state index contributed by atoms with van der Waals surface area (Å²) in [7, 11) is 0. The smallest absolute Gasteiger partial charge is 0.228 e. The van der Waals surface area contributed by atoms with Crippen molar-refractivity contribution in [2.24, 2.45) is 11.7 Å². The number of halogens is 1. The van der Waals surface area contributed by atoms with Crippen LogP contribution in [0.5, 0.6) is 0 Å². The number of rotatable bonds is 6. The molecular weight excluding hydrogens is 351 g/mol. The Balaban J connectivity index is 1.58. The van der Waals surface area contributed by atoms with Crippen molar-refractivity contribution < 1.29 is 18.4 Å². The summed E-state index contributed by atoms with van der Waals surface area (Å²) in [5.74, 6) is -0.351. The minimum Gasteiger partial charge on any atom is -0.444 e. The molecule has 3 rings (SSSR count). The second kappa shape index (κ2) is 8.77. The second-order valence-electron chi connectivity index (χ2n) is 6.59. The third-order valence-corrected chi connectivity index (χ3v) is 4.56. The molecule has 3 N–H and O–H groups in total. The molecule has 8 heteroatoms. The normalized spacial score (nSPS) is 17.0. The third-order valence-electron chi connectivity index (χ3n) is 4.56. The zero-order chi connectivity index (χ0) is 19.2. The molecule has 0 radical (unpaired) electrons. The van der Waals surface area contributed by atoms with Crippen LogP contribution in [0.2, 0.25) is 0 Å². The van der Waals surface area contributed by atoms with Crippen molar-refractivity contribution in [3.05, 3.63) is 42.0 Å². The minimum atomic E-state index is -0.337. The van der Waals surface area contributed by atoms with E-state index in [0.29, 0.717) is 43.3 Å². The average molecular weight is 374 g/mol. The van der Waals surface area contributed by atoms with Crippen molar-refractivity contribution in [1.29, 1.82) is 0 Å². The number of carbonyl (C=O) groups is 2. The van der Waals surface area contributed by atoms with Crippen molar-refractivity contribution >= 4 is 11.8 Å². The number of benzene rings is 1. The number of piperidine rings is 1. The van der Waals surface area contributed by atoms with E-state index in [4.69, 9.17) is 10.2 Å². The molecule has 1 atom stereocenters. The summed E-state index contributed by atoms with van der Waals surface area (Å²) >= 11 is 0. The van der Waals surface area contributed by atoms with Crippen molar-refractivity contribution in [2.75, 3.05) is 26.2 Å². The van der Waals surface area contributed by atoms with E-state index in [1.165, 1.54) is 18.4 Å². The first-order chi connectivity index (χ1) is 13.1. The summed E-state index contributed by atoms with van der Waals surface area (Å²) < 4.78 is 18.4. The van der Waals surface area contributed by atoms with E-state index in [1.54, 1.807) is 17.0 Å². The molecule has 2 aromatic rings. The molecule has 1 aromatic heterocycles. The number of likely N-dealkylation sites (tertiary alicyclic amines) is 1. The number of nitrogens with two attached hydrogens (primary N) is 1. The molecule has 144 valence electrons. The van der Waals surface area contributed by atoms with Gasteiger partial charge in [0.05, 0.1) is 18.0 Å². The molecule has 1 unspecified atom stereocenters. The van der Waals surface area contributed by atoms with Gasteiger partial charge in [-0.25, -0.2) is 9.37 Å². The van der Waals surface area contributed by atoms with Gasteiger partial charge in [0.15, 0.2) is 0 Å². The average Bonchev–Trinajstić information content (AvgIpc) is 3.15. The summed E-state index contributed by atoms with van der Waals surface area (Å²) in [6.45, 7) is 1.86. The van der Waals surface area contributed by atoms with E-state index in [1.807, 2.05) is 0 Å². The van der Waals surface area contributed by atoms with Crippen LogP contribution in [0.3, 0.4) is 0 Å². The Bertz CT molecular complexity index is 791. The summed E-state index contributed by atoms with van der Waals surface area (Å²) in [5.41, 5.74) is 6.56. The summed E-state index contributed by atoms with van der Waals surface area (Å²) in [6.07, 6.45) is 3.08. The predicted octanol–water partition coefficient (Wildman–Crippen LogP) is 1.34. The first-order valence-electron chi connectivity index (χ1n) is 9.02. The van der Waals surface area contributed by atoms with Gasteiger partial charge in [0.1, 0.15) is 12.1 Å². The summed E-state index contributed by atoms with van der Waals surface area (Å²) in [5, 5.41) is 2.78. The van der Waals surface area contributed by atoms with E-state index >= 15 is 0 Å². The third kappa shape index (κ3) is 4.91. The van der Waals surface area contributed by atoms with E-state index in [9.17, 15) is 14.0 Å². The van der Waals surface area contributed by atoms with Gasteiger partial charge in [-0.15, -0.1) is 0 Å². The van der Waals surface area contributed by atoms with Gasteiger partial charge in [0.25, 0.3) is 0 Å². The van der Waals surface area contributed by atoms with Gasteiger partial charge in [0.2, 0.25) is 17.7 Å². The van der Waals surface area contributed by atoms with Crippen LogP contribution in [-0.2, 0) is 16.0 Å². The molecule has 1 aliphatic heterocycles. The molecule has 1 saturated heterocycles. The fraction of sp³-hybridized carbons (Fsp3) is 0.421. The largest absolute Gasteiger partial charge is 0.444 e. The lowest BCUT2D eigenvalue weighted by atomic mass is 9.96. The van der Waals surface area contributed by atoms with Gasteiger partial charge >= 0.3 is 0 Å². The number of oxazole rings is 1.